The minimum absolute atomic E-state index is 0.134. The molecule has 0 aliphatic carbocycles. The number of benzene rings is 1. The molecule has 0 saturated carbocycles. The predicted octanol–water partition coefficient (Wildman–Crippen LogP) is 2.27. The van der Waals surface area contributed by atoms with Gasteiger partial charge in [-0.25, -0.2) is 9.59 Å². The molecular formula is C8H3ClN2O2. The Balaban J connectivity index is 3.33. The minimum atomic E-state index is 0.134. The Morgan fingerprint density at radius 3 is 1.92 bits per heavy atom. The molecule has 1 aromatic carbocycles. The van der Waals surface area contributed by atoms with Crippen LogP contribution in [0.1, 0.15) is 0 Å². The summed E-state index contributed by atoms with van der Waals surface area (Å²) in [6.07, 6.45) is 2.69. The summed E-state index contributed by atoms with van der Waals surface area (Å²) in [4.78, 5) is 26.5. The van der Waals surface area contributed by atoms with E-state index in [0.29, 0.717) is 0 Å². The standard InChI is InChI=1S/C8H3ClN2O2/c9-8-6(10-4-12)2-1-3-7(8)11-5-13/h1-3H. The highest BCUT2D eigenvalue weighted by Crippen LogP contribution is 2.33. The van der Waals surface area contributed by atoms with Gasteiger partial charge in [-0.05, 0) is 12.1 Å². The summed E-state index contributed by atoms with van der Waals surface area (Å²) in [5.41, 5.74) is 0.460. The third-order valence-electron chi connectivity index (χ3n) is 1.29. The molecule has 4 nitrogen and oxygen atoms in total. The number of rotatable bonds is 2. The molecule has 0 heterocycles. The molecule has 64 valence electrons. The Morgan fingerprint density at radius 2 is 1.54 bits per heavy atom. The van der Waals surface area contributed by atoms with E-state index in [1.807, 2.05) is 0 Å². The van der Waals surface area contributed by atoms with Crippen LogP contribution in [0, 0.1) is 0 Å². The third kappa shape index (κ3) is 2.10. The summed E-state index contributed by atoms with van der Waals surface area (Å²) in [5.74, 6) is 0. The van der Waals surface area contributed by atoms with E-state index >= 15 is 0 Å². The molecule has 0 atom stereocenters. The normalized spacial score (nSPS) is 8.38. The van der Waals surface area contributed by atoms with E-state index in [1.165, 1.54) is 24.3 Å². The Bertz CT molecular complexity index is 382. The molecule has 0 aliphatic rings. The summed E-state index contributed by atoms with van der Waals surface area (Å²) in [5, 5.41) is 0.134. The maximum Gasteiger partial charge on any atom is 0.240 e. The lowest BCUT2D eigenvalue weighted by atomic mass is 10.3. The molecule has 0 aliphatic heterocycles. The Kier molecular flexibility index (Phi) is 3.12. The average molecular weight is 195 g/mol. The molecule has 0 unspecified atom stereocenters. The highest BCUT2D eigenvalue weighted by Gasteiger charge is 2.03. The van der Waals surface area contributed by atoms with Crippen LogP contribution < -0.4 is 0 Å². The summed E-state index contributed by atoms with van der Waals surface area (Å²) in [6, 6.07) is 4.59. The third-order valence-corrected chi connectivity index (χ3v) is 1.68. The van der Waals surface area contributed by atoms with Crippen LogP contribution >= 0.6 is 11.6 Å². The van der Waals surface area contributed by atoms with Gasteiger partial charge in [0.1, 0.15) is 0 Å². The second-order valence-corrected chi connectivity index (χ2v) is 2.39. The number of nitrogens with zero attached hydrogens (tertiary/aromatic N) is 2. The van der Waals surface area contributed by atoms with Crippen molar-refractivity contribution in [3.63, 3.8) is 0 Å². The first-order valence-corrected chi connectivity index (χ1v) is 3.61. The van der Waals surface area contributed by atoms with Crippen molar-refractivity contribution in [2.24, 2.45) is 9.98 Å². The van der Waals surface area contributed by atoms with E-state index in [0.717, 1.165) is 0 Å². The van der Waals surface area contributed by atoms with Crippen LogP contribution in [0.4, 0.5) is 11.4 Å². The first-order valence-electron chi connectivity index (χ1n) is 3.24. The second kappa shape index (κ2) is 4.33. The molecule has 13 heavy (non-hydrogen) atoms. The van der Waals surface area contributed by atoms with Crippen LogP contribution in [0.25, 0.3) is 0 Å². The van der Waals surface area contributed by atoms with Gasteiger partial charge < -0.3 is 0 Å². The smallest absolute Gasteiger partial charge is 0.211 e. The molecular weight excluding hydrogens is 192 g/mol. The van der Waals surface area contributed by atoms with E-state index in [9.17, 15) is 9.59 Å². The molecule has 0 N–H and O–H groups in total. The quantitative estimate of drug-likeness (QED) is 0.536. The fraction of sp³-hybridized carbons (Fsp3) is 0. The van der Waals surface area contributed by atoms with Gasteiger partial charge in [-0.15, -0.1) is 0 Å². The van der Waals surface area contributed by atoms with Crippen molar-refractivity contribution in [3.8, 4) is 0 Å². The van der Waals surface area contributed by atoms with Gasteiger partial charge in [0.25, 0.3) is 0 Å². The van der Waals surface area contributed by atoms with E-state index in [1.54, 1.807) is 6.07 Å². The summed E-state index contributed by atoms with van der Waals surface area (Å²) >= 11 is 5.72. The van der Waals surface area contributed by atoms with E-state index in [4.69, 9.17) is 11.6 Å². The Labute approximate surface area is 78.6 Å². The molecule has 5 heteroatoms. The zero-order valence-electron chi connectivity index (χ0n) is 6.32. The number of carbonyl (C=O) groups excluding carboxylic acids is 2. The second-order valence-electron chi connectivity index (χ2n) is 2.02. The van der Waals surface area contributed by atoms with Crippen molar-refractivity contribution in [1.82, 2.24) is 0 Å². The van der Waals surface area contributed by atoms with Gasteiger partial charge in [-0.1, -0.05) is 17.7 Å². The first kappa shape index (κ1) is 9.36. The highest BCUT2D eigenvalue weighted by atomic mass is 35.5. The average Bonchev–Trinajstić information content (AvgIpc) is 2.13. The SMILES string of the molecule is O=C=Nc1cccc(N=C=O)c1Cl. The fourth-order valence-corrected chi connectivity index (χ4v) is 0.989. The summed E-state index contributed by atoms with van der Waals surface area (Å²) < 4.78 is 0. The van der Waals surface area contributed by atoms with E-state index in [-0.39, 0.29) is 16.4 Å². The molecule has 1 rings (SSSR count). The van der Waals surface area contributed by atoms with E-state index in [2.05, 4.69) is 9.98 Å². The van der Waals surface area contributed by atoms with Crippen molar-refractivity contribution in [1.29, 1.82) is 0 Å². The van der Waals surface area contributed by atoms with Crippen LogP contribution in [0.15, 0.2) is 28.2 Å². The molecule has 0 saturated heterocycles. The highest BCUT2D eigenvalue weighted by molar-refractivity contribution is 6.35. The number of isocyanates is 2. The van der Waals surface area contributed by atoms with Gasteiger partial charge in [0.15, 0.2) is 0 Å². The number of hydrogen-bond donors (Lipinski definition) is 0. The number of halogens is 1. The Hall–Kier alpha value is -1.73. The van der Waals surface area contributed by atoms with Crippen LogP contribution in [0.3, 0.4) is 0 Å². The van der Waals surface area contributed by atoms with Crippen LogP contribution in [-0.4, -0.2) is 12.2 Å². The molecule has 0 amide bonds. The van der Waals surface area contributed by atoms with E-state index < -0.39 is 0 Å². The lowest BCUT2D eigenvalue weighted by Crippen LogP contribution is -1.70. The van der Waals surface area contributed by atoms with Crippen LogP contribution in [0.5, 0.6) is 0 Å². The van der Waals surface area contributed by atoms with Crippen molar-refractivity contribution in [3.05, 3.63) is 23.2 Å². The zero-order chi connectivity index (χ0) is 9.68. The fourth-order valence-electron chi connectivity index (χ4n) is 0.779. The predicted molar refractivity (Wildman–Crippen MR) is 47.0 cm³/mol. The topological polar surface area (TPSA) is 58.9 Å². The molecule has 0 bridgehead atoms. The summed E-state index contributed by atoms with van der Waals surface area (Å²) in [7, 11) is 0. The van der Waals surface area contributed by atoms with Crippen molar-refractivity contribution < 1.29 is 9.59 Å². The molecule has 0 fully saturated rings. The Morgan fingerprint density at radius 1 is 1.08 bits per heavy atom. The van der Waals surface area contributed by atoms with Crippen molar-refractivity contribution in [2.45, 2.75) is 0 Å². The van der Waals surface area contributed by atoms with Gasteiger partial charge in [0.05, 0.1) is 16.4 Å². The zero-order valence-corrected chi connectivity index (χ0v) is 7.08. The number of aliphatic imine (C=N–C) groups is 2. The molecule has 0 spiro atoms. The maximum atomic E-state index is 9.94. The molecule has 0 radical (unpaired) electrons. The molecule has 0 aromatic heterocycles. The minimum Gasteiger partial charge on any atom is -0.211 e. The van der Waals surface area contributed by atoms with Gasteiger partial charge in [-0.2, -0.15) is 9.98 Å². The lowest BCUT2D eigenvalue weighted by molar-refractivity contribution is 0.565. The lowest BCUT2D eigenvalue weighted by Gasteiger charge is -1.96. The van der Waals surface area contributed by atoms with Gasteiger partial charge in [0.2, 0.25) is 12.2 Å². The first-order chi connectivity index (χ1) is 6.29. The molecule has 1 aromatic rings. The van der Waals surface area contributed by atoms with Gasteiger partial charge in [-0.3, -0.25) is 0 Å². The number of hydrogen-bond acceptors (Lipinski definition) is 4. The largest absolute Gasteiger partial charge is 0.240 e. The maximum absolute atomic E-state index is 9.94. The summed E-state index contributed by atoms with van der Waals surface area (Å²) in [6.45, 7) is 0. The van der Waals surface area contributed by atoms with Gasteiger partial charge in [0, 0.05) is 0 Å². The van der Waals surface area contributed by atoms with Gasteiger partial charge >= 0.3 is 0 Å². The van der Waals surface area contributed by atoms with Crippen LogP contribution in [-0.2, 0) is 9.59 Å². The monoisotopic (exact) mass is 194 g/mol. The van der Waals surface area contributed by atoms with Crippen LogP contribution in [0.2, 0.25) is 5.02 Å². The van der Waals surface area contributed by atoms with Crippen molar-refractivity contribution in [2.75, 3.05) is 0 Å². The van der Waals surface area contributed by atoms with Crippen molar-refractivity contribution >= 4 is 35.1 Å².